The maximum atomic E-state index is 13.3. The van der Waals surface area contributed by atoms with E-state index in [2.05, 4.69) is 42.0 Å². The van der Waals surface area contributed by atoms with Gasteiger partial charge in [-0.15, -0.1) is 0 Å². The lowest BCUT2D eigenvalue weighted by atomic mass is 10.1. The van der Waals surface area contributed by atoms with Crippen molar-refractivity contribution in [1.29, 1.82) is 0 Å². The summed E-state index contributed by atoms with van der Waals surface area (Å²) >= 11 is 0. The van der Waals surface area contributed by atoms with Crippen LogP contribution in [0, 0.1) is 0 Å². The standard InChI is InChI=1S/C21H23N3O/c1-3-17-19-10-7-13-23(19)14-15-24(17)21(25)20-12-11-18(22(20)2)16-8-5-4-6-9-16/h4-13,17H,3,14-15H2,1-2H3/t17-/m1/s1. The first-order valence-electron chi connectivity index (χ1n) is 8.88. The minimum atomic E-state index is 0.115. The van der Waals surface area contributed by atoms with Gasteiger partial charge in [-0.1, -0.05) is 37.3 Å². The lowest BCUT2D eigenvalue weighted by Crippen LogP contribution is -2.42. The smallest absolute Gasteiger partial charge is 0.271 e. The molecular weight excluding hydrogens is 310 g/mol. The van der Waals surface area contributed by atoms with Gasteiger partial charge >= 0.3 is 0 Å². The first kappa shape index (κ1) is 15.8. The number of hydrogen-bond donors (Lipinski definition) is 0. The van der Waals surface area contributed by atoms with Crippen molar-refractivity contribution in [3.63, 3.8) is 0 Å². The van der Waals surface area contributed by atoms with Crippen LogP contribution in [0.5, 0.6) is 0 Å². The lowest BCUT2D eigenvalue weighted by molar-refractivity contribution is 0.0608. The summed E-state index contributed by atoms with van der Waals surface area (Å²) < 4.78 is 4.27. The van der Waals surface area contributed by atoms with Crippen LogP contribution in [0.2, 0.25) is 0 Å². The first-order valence-corrected chi connectivity index (χ1v) is 8.88. The summed E-state index contributed by atoms with van der Waals surface area (Å²) in [7, 11) is 1.98. The van der Waals surface area contributed by atoms with Gasteiger partial charge < -0.3 is 14.0 Å². The second-order valence-electron chi connectivity index (χ2n) is 6.58. The number of aromatic nitrogens is 2. The maximum absolute atomic E-state index is 13.3. The molecule has 0 radical (unpaired) electrons. The Hall–Kier alpha value is -2.75. The van der Waals surface area contributed by atoms with E-state index in [0.29, 0.717) is 0 Å². The normalized spacial score (nSPS) is 16.7. The molecule has 4 nitrogen and oxygen atoms in total. The molecule has 0 saturated carbocycles. The number of rotatable bonds is 3. The van der Waals surface area contributed by atoms with Crippen LogP contribution in [-0.4, -0.2) is 26.5 Å². The molecule has 0 bridgehead atoms. The zero-order valence-corrected chi connectivity index (χ0v) is 14.7. The Labute approximate surface area is 148 Å². The van der Waals surface area contributed by atoms with Gasteiger partial charge in [-0.2, -0.15) is 0 Å². The molecule has 0 spiro atoms. The number of hydrogen-bond acceptors (Lipinski definition) is 1. The predicted molar refractivity (Wildman–Crippen MR) is 99.3 cm³/mol. The van der Waals surface area contributed by atoms with E-state index in [1.54, 1.807) is 0 Å². The molecule has 128 valence electrons. The molecule has 4 rings (SSSR count). The summed E-state index contributed by atoms with van der Waals surface area (Å²) in [5.74, 6) is 0.115. The van der Waals surface area contributed by atoms with E-state index in [4.69, 9.17) is 0 Å². The second kappa shape index (κ2) is 6.28. The molecule has 0 unspecified atom stereocenters. The van der Waals surface area contributed by atoms with Gasteiger partial charge in [0.05, 0.1) is 6.04 Å². The Balaban J connectivity index is 1.67. The highest BCUT2D eigenvalue weighted by Gasteiger charge is 2.31. The maximum Gasteiger partial charge on any atom is 0.271 e. The third-order valence-corrected chi connectivity index (χ3v) is 5.22. The van der Waals surface area contributed by atoms with Gasteiger partial charge in [0.2, 0.25) is 0 Å². The molecule has 3 heterocycles. The van der Waals surface area contributed by atoms with E-state index in [1.807, 2.05) is 46.8 Å². The Morgan fingerprint density at radius 1 is 1.04 bits per heavy atom. The van der Waals surface area contributed by atoms with Gasteiger partial charge in [-0.25, -0.2) is 0 Å². The van der Waals surface area contributed by atoms with Crippen molar-refractivity contribution in [2.24, 2.45) is 7.05 Å². The second-order valence-corrected chi connectivity index (χ2v) is 6.58. The summed E-state index contributed by atoms with van der Waals surface area (Å²) in [6.45, 7) is 3.76. The van der Waals surface area contributed by atoms with E-state index in [9.17, 15) is 4.79 Å². The average Bonchev–Trinajstić information content (AvgIpc) is 3.27. The van der Waals surface area contributed by atoms with Crippen molar-refractivity contribution in [2.45, 2.75) is 25.9 Å². The van der Waals surface area contributed by atoms with Crippen LogP contribution in [0.3, 0.4) is 0 Å². The van der Waals surface area contributed by atoms with Gasteiger partial charge in [0.15, 0.2) is 0 Å². The van der Waals surface area contributed by atoms with Crippen LogP contribution in [0.15, 0.2) is 60.8 Å². The van der Waals surface area contributed by atoms with Gasteiger partial charge in [-0.05, 0) is 36.2 Å². The predicted octanol–water partition coefficient (Wildman–Crippen LogP) is 4.10. The van der Waals surface area contributed by atoms with Crippen LogP contribution in [-0.2, 0) is 13.6 Å². The Kier molecular flexibility index (Phi) is 3.96. The van der Waals surface area contributed by atoms with E-state index in [-0.39, 0.29) is 11.9 Å². The van der Waals surface area contributed by atoms with Crippen molar-refractivity contribution in [1.82, 2.24) is 14.0 Å². The van der Waals surface area contributed by atoms with E-state index in [0.717, 1.165) is 36.5 Å². The quantitative estimate of drug-likeness (QED) is 0.710. The molecule has 0 fully saturated rings. The fourth-order valence-corrected chi connectivity index (χ4v) is 3.91. The van der Waals surface area contributed by atoms with E-state index < -0.39 is 0 Å². The van der Waals surface area contributed by atoms with Crippen molar-refractivity contribution < 1.29 is 4.79 Å². The Morgan fingerprint density at radius 2 is 1.84 bits per heavy atom. The van der Waals surface area contributed by atoms with Gasteiger partial charge in [0, 0.05) is 37.7 Å². The number of benzene rings is 1. The molecule has 0 N–H and O–H groups in total. The van der Waals surface area contributed by atoms with Crippen LogP contribution in [0.4, 0.5) is 0 Å². The van der Waals surface area contributed by atoms with Gasteiger partial charge in [0.25, 0.3) is 5.91 Å². The first-order chi connectivity index (χ1) is 12.2. The number of carbonyl (C=O) groups is 1. The van der Waals surface area contributed by atoms with Crippen molar-refractivity contribution in [3.8, 4) is 11.3 Å². The highest BCUT2D eigenvalue weighted by atomic mass is 16.2. The van der Waals surface area contributed by atoms with Gasteiger partial charge in [0.1, 0.15) is 5.69 Å². The molecular formula is C21H23N3O. The zero-order chi connectivity index (χ0) is 17.4. The summed E-state index contributed by atoms with van der Waals surface area (Å²) in [6.07, 6.45) is 3.03. The topological polar surface area (TPSA) is 30.2 Å². The van der Waals surface area contributed by atoms with Crippen LogP contribution in [0.1, 0.15) is 35.6 Å². The van der Waals surface area contributed by atoms with Crippen molar-refractivity contribution >= 4 is 5.91 Å². The molecule has 1 aliphatic heterocycles. The van der Waals surface area contributed by atoms with Crippen molar-refractivity contribution in [2.75, 3.05) is 6.54 Å². The minimum Gasteiger partial charge on any atom is -0.348 e. The van der Waals surface area contributed by atoms with E-state index in [1.165, 1.54) is 5.69 Å². The Bertz CT molecular complexity index is 891. The van der Waals surface area contributed by atoms with Gasteiger partial charge in [-0.3, -0.25) is 4.79 Å². The molecule has 4 heteroatoms. The number of carbonyl (C=O) groups excluding carboxylic acids is 1. The monoisotopic (exact) mass is 333 g/mol. The molecule has 1 aromatic carbocycles. The van der Waals surface area contributed by atoms with Crippen LogP contribution in [0.25, 0.3) is 11.3 Å². The highest BCUT2D eigenvalue weighted by Crippen LogP contribution is 2.31. The third-order valence-electron chi connectivity index (χ3n) is 5.22. The average molecular weight is 333 g/mol. The fraction of sp³-hybridized carbons (Fsp3) is 0.286. The zero-order valence-electron chi connectivity index (χ0n) is 14.7. The molecule has 2 aromatic heterocycles. The molecule has 3 aromatic rings. The Morgan fingerprint density at radius 3 is 2.60 bits per heavy atom. The fourth-order valence-electron chi connectivity index (χ4n) is 3.91. The SMILES string of the molecule is CC[C@@H]1c2cccn2CCN1C(=O)c1ccc(-c2ccccc2)n1C. The molecule has 25 heavy (non-hydrogen) atoms. The highest BCUT2D eigenvalue weighted by molar-refractivity contribution is 5.94. The summed E-state index contributed by atoms with van der Waals surface area (Å²) in [4.78, 5) is 15.3. The molecule has 1 amide bonds. The molecule has 0 aliphatic carbocycles. The molecule has 1 aliphatic rings. The summed E-state index contributed by atoms with van der Waals surface area (Å²) in [6, 6.07) is 18.5. The summed E-state index contributed by atoms with van der Waals surface area (Å²) in [5, 5.41) is 0. The third kappa shape index (κ3) is 2.58. The van der Waals surface area contributed by atoms with Crippen LogP contribution >= 0.6 is 0 Å². The van der Waals surface area contributed by atoms with Crippen molar-refractivity contribution in [3.05, 3.63) is 72.2 Å². The molecule has 1 atom stereocenters. The van der Waals surface area contributed by atoms with E-state index >= 15 is 0 Å². The van der Waals surface area contributed by atoms with Crippen LogP contribution < -0.4 is 0 Å². The molecule has 0 saturated heterocycles. The number of nitrogens with zero attached hydrogens (tertiary/aromatic N) is 3. The number of amides is 1. The number of fused-ring (bicyclic) bond motifs is 1. The minimum absolute atomic E-state index is 0.115. The summed E-state index contributed by atoms with van der Waals surface area (Å²) in [5.41, 5.74) is 4.18. The lowest BCUT2D eigenvalue weighted by Gasteiger charge is -2.36. The largest absolute Gasteiger partial charge is 0.348 e.